The molecular formula is C13H18N2O2S. The van der Waals surface area contributed by atoms with Crippen LogP contribution in [-0.4, -0.2) is 22.0 Å². The van der Waals surface area contributed by atoms with Crippen molar-refractivity contribution in [3.8, 4) is 0 Å². The molecule has 0 aromatic heterocycles. The highest BCUT2D eigenvalue weighted by atomic mass is 32.2. The molecule has 0 spiro atoms. The molecule has 1 heterocycles. The lowest BCUT2D eigenvalue weighted by Crippen LogP contribution is -2.27. The summed E-state index contributed by atoms with van der Waals surface area (Å²) in [6.45, 7) is 4.95. The van der Waals surface area contributed by atoms with Gasteiger partial charge in [-0.25, -0.2) is 0 Å². The Morgan fingerprint density at radius 2 is 2.33 bits per heavy atom. The predicted molar refractivity (Wildman–Crippen MR) is 76.4 cm³/mol. The standard InChI is InChI=1S/C13H18N2O2S/c1-10-4-5-12(15(16)17)11(8-10)14-9-13(2)6-3-7-18-13/h4-5,8,14H,3,6-7,9H2,1-2H3. The fourth-order valence-electron chi connectivity index (χ4n) is 2.21. The molecule has 0 radical (unpaired) electrons. The van der Waals surface area contributed by atoms with Gasteiger partial charge >= 0.3 is 0 Å². The number of hydrogen-bond donors (Lipinski definition) is 1. The van der Waals surface area contributed by atoms with Crippen LogP contribution in [0.15, 0.2) is 18.2 Å². The van der Waals surface area contributed by atoms with Crippen LogP contribution < -0.4 is 5.32 Å². The van der Waals surface area contributed by atoms with E-state index in [9.17, 15) is 10.1 Å². The molecule has 1 fully saturated rings. The number of nitrogens with zero attached hydrogens (tertiary/aromatic N) is 1. The zero-order valence-corrected chi connectivity index (χ0v) is 11.5. The number of hydrogen-bond acceptors (Lipinski definition) is 4. The van der Waals surface area contributed by atoms with Crippen LogP contribution in [0.3, 0.4) is 0 Å². The number of anilines is 1. The minimum Gasteiger partial charge on any atom is -0.378 e. The van der Waals surface area contributed by atoms with Crippen molar-refractivity contribution in [3.05, 3.63) is 33.9 Å². The average molecular weight is 266 g/mol. The van der Waals surface area contributed by atoms with Crippen LogP contribution >= 0.6 is 11.8 Å². The Bertz CT molecular complexity index is 456. The Morgan fingerprint density at radius 1 is 1.56 bits per heavy atom. The fraction of sp³-hybridized carbons (Fsp3) is 0.538. The minimum atomic E-state index is -0.327. The van der Waals surface area contributed by atoms with Gasteiger partial charge in [0.2, 0.25) is 0 Å². The minimum absolute atomic E-state index is 0.159. The van der Waals surface area contributed by atoms with E-state index in [1.807, 2.05) is 24.8 Å². The molecule has 1 atom stereocenters. The van der Waals surface area contributed by atoms with E-state index >= 15 is 0 Å². The van der Waals surface area contributed by atoms with Gasteiger partial charge in [-0.1, -0.05) is 6.07 Å². The molecule has 0 saturated carbocycles. The molecule has 5 heteroatoms. The Kier molecular flexibility index (Phi) is 3.80. The van der Waals surface area contributed by atoms with Gasteiger partial charge in [0.15, 0.2) is 0 Å². The first-order valence-electron chi connectivity index (χ1n) is 6.13. The molecule has 1 unspecified atom stereocenters. The maximum Gasteiger partial charge on any atom is 0.292 e. The molecule has 1 saturated heterocycles. The number of nitrogens with one attached hydrogen (secondary N) is 1. The van der Waals surface area contributed by atoms with Gasteiger partial charge in [-0.2, -0.15) is 11.8 Å². The van der Waals surface area contributed by atoms with Gasteiger partial charge in [0.05, 0.1) is 4.92 Å². The van der Waals surface area contributed by atoms with E-state index in [1.165, 1.54) is 18.6 Å². The SMILES string of the molecule is Cc1ccc([N+](=O)[O-])c(NCC2(C)CCCS2)c1. The number of rotatable bonds is 4. The van der Waals surface area contributed by atoms with Gasteiger partial charge in [0, 0.05) is 17.4 Å². The van der Waals surface area contributed by atoms with E-state index in [-0.39, 0.29) is 15.4 Å². The van der Waals surface area contributed by atoms with Crippen LogP contribution in [0, 0.1) is 17.0 Å². The molecule has 98 valence electrons. The molecule has 1 aromatic rings. The van der Waals surface area contributed by atoms with Crippen LogP contribution in [-0.2, 0) is 0 Å². The topological polar surface area (TPSA) is 55.2 Å². The number of aryl methyl sites for hydroxylation is 1. The van der Waals surface area contributed by atoms with Crippen molar-refractivity contribution in [1.82, 2.24) is 0 Å². The third-order valence-corrected chi connectivity index (χ3v) is 4.84. The summed E-state index contributed by atoms with van der Waals surface area (Å²) >= 11 is 1.95. The summed E-state index contributed by atoms with van der Waals surface area (Å²) in [6, 6.07) is 5.19. The molecule has 0 aliphatic carbocycles. The summed E-state index contributed by atoms with van der Waals surface area (Å²) in [4.78, 5) is 10.6. The van der Waals surface area contributed by atoms with Crippen molar-refractivity contribution in [3.63, 3.8) is 0 Å². The number of nitro groups is 1. The van der Waals surface area contributed by atoms with Gasteiger partial charge < -0.3 is 5.32 Å². The number of thioether (sulfide) groups is 1. The summed E-state index contributed by atoms with van der Waals surface area (Å²) < 4.78 is 0.206. The second-order valence-corrected chi connectivity index (χ2v) is 6.72. The van der Waals surface area contributed by atoms with Crippen molar-refractivity contribution >= 4 is 23.1 Å². The van der Waals surface area contributed by atoms with E-state index in [0.717, 1.165) is 12.1 Å². The zero-order valence-electron chi connectivity index (χ0n) is 10.7. The fourth-order valence-corrected chi connectivity index (χ4v) is 3.45. The van der Waals surface area contributed by atoms with E-state index in [4.69, 9.17) is 0 Å². The monoisotopic (exact) mass is 266 g/mol. The van der Waals surface area contributed by atoms with Crippen molar-refractivity contribution in [2.75, 3.05) is 17.6 Å². The molecule has 0 bridgehead atoms. The maximum atomic E-state index is 11.0. The van der Waals surface area contributed by atoms with Crippen LogP contribution in [0.5, 0.6) is 0 Å². The van der Waals surface area contributed by atoms with Crippen molar-refractivity contribution in [2.24, 2.45) is 0 Å². The van der Waals surface area contributed by atoms with Gasteiger partial charge in [-0.05, 0) is 44.1 Å². The molecule has 0 amide bonds. The highest BCUT2D eigenvalue weighted by Gasteiger charge is 2.29. The van der Waals surface area contributed by atoms with E-state index in [1.54, 1.807) is 12.1 Å². The summed E-state index contributed by atoms with van der Waals surface area (Å²) in [5.41, 5.74) is 1.83. The lowest BCUT2D eigenvalue weighted by atomic mass is 10.1. The van der Waals surface area contributed by atoms with Crippen molar-refractivity contribution < 1.29 is 4.92 Å². The normalized spacial score (nSPS) is 23.0. The van der Waals surface area contributed by atoms with Gasteiger partial charge in [0.1, 0.15) is 5.69 Å². The Morgan fingerprint density at radius 3 is 2.94 bits per heavy atom. The van der Waals surface area contributed by atoms with E-state index in [0.29, 0.717) is 5.69 Å². The van der Waals surface area contributed by atoms with Crippen molar-refractivity contribution in [1.29, 1.82) is 0 Å². The van der Waals surface area contributed by atoms with Crippen LogP contribution in [0.2, 0.25) is 0 Å². The number of benzene rings is 1. The first kappa shape index (κ1) is 13.2. The second-order valence-electron chi connectivity index (χ2n) is 5.03. The summed E-state index contributed by atoms with van der Waals surface area (Å²) in [6.07, 6.45) is 2.41. The summed E-state index contributed by atoms with van der Waals surface area (Å²) in [7, 11) is 0. The van der Waals surface area contributed by atoms with Gasteiger partial charge in [0.25, 0.3) is 5.69 Å². The zero-order chi connectivity index (χ0) is 13.2. The largest absolute Gasteiger partial charge is 0.378 e. The molecule has 4 nitrogen and oxygen atoms in total. The molecule has 18 heavy (non-hydrogen) atoms. The smallest absolute Gasteiger partial charge is 0.292 e. The summed E-state index contributed by atoms with van der Waals surface area (Å²) in [5.74, 6) is 1.19. The highest BCUT2D eigenvalue weighted by Crippen LogP contribution is 2.38. The van der Waals surface area contributed by atoms with Crippen LogP contribution in [0.4, 0.5) is 11.4 Å². The molecule has 2 rings (SSSR count). The first-order valence-corrected chi connectivity index (χ1v) is 7.12. The quantitative estimate of drug-likeness (QED) is 0.668. The van der Waals surface area contributed by atoms with E-state index in [2.05, 4.69) is 12.2 Å². The van der Waals surface area contributed by atoms with Crippen molar-refractivity contribution in [2.45, 2.75) is 31.4 Å². The molecule has 1 N–H and O–H groups in total. The third kappa shape index (κ3) is 2.96. The molecule has 1 aliphatic rings. The van der Waals surface area contributed by atoms with Crippen LogP contribution in [0.1, 0.15) is 25.3 Å². The Balaban J connectivity index is 2.12. The molecular weight excluding hydrogens is 248 g/mol. The molecule has 1 aliphatic heterocycles. The van der Waals surface area contributed by atoms with Gasteiger partial charge in [-0.3, -0.25) is 10.1 Å². The predicted octanol–water partition coefficient (Wildman–Crippen LogP) is 3.60. The molecule has 1 aromatic carbocycles. The number of nitro benzene ring substituents is 1. The third-order valence-electron chi connectivity index (χ3n) is 3.30. The average Bonchev–Trinajstić information content (AvgIpc) is 2.74. The summed E-state index contributed by atoms with van der Waals surface area (Å²) in [5, 5.41) is 14.2. The second kappa shape index (κ2) is 5.18. The van der Waals surface area contributed by atoms with Crippen LogP contribution in [0.25, 0.3) is 0 Å². The lowest BCUT2D eigenvalue weighted by Gasteiger charge is -2.23. The Hall–Kier alpha value is -1.23. The lowest BCUT2D eigenvalue weighted by molar-refractivity contribution is -0.384. The maximum absolute atomic E-state index is 11.0. The van der Waals surface area contributed by atoms with E-state index < -0.39 is 0 Å². The van der Waals surface area contributed by atoms with Gasteiger partial charge in [-0.15, -0.1) is 0 Å². The highest BCUT2D eigenvalue weighted by molar-refractivity contribution is 8.00. The first-order chi connectivity index (χ1) is 8.50. The Labute approximate surface area is 111 Å².